The lowest BCUT2D eigenvalue weighted by Crippen LogP contribution is -2.35. The fourth-order valence-electron chi connectivity index (χ4n) is 3.33. The molecule has 0 heterocycles. The molecule has 0 atom stereocenters. The van der Waals surface area contributed by atoms with Crippen molar-refractivity contribution in [3.63, 3.8) is 0 Å². The van der Waals surface area contributed by atoms with E-state index in [1.165, 1.54) is 36.8 Å². The van der Waals surface area contributed by atoms with Crippen LogP contribution in [0.5, 0.6) is 0 Å². The van der Waals surface area contributed by atoms with Crippen molar-refractivity contribution < 1.29 is 4.79 Å². The number of hydrogen-bond donors (Lipinski definition) is 1. The van der Waals surface area contributed by atoms with E-state index >= 15 is 0 Å². The van der Waals surface area contributed by atoms with Crippen LogP contribution in [-0.4, -0.2) is 11.9 Å². The molecule has 2 heteroatoms. The number of rotatable bonds is 4. The molecule has 2 aromatic carbocycles. The van der Waals surface area contributed by atoms with Gasteiger partial charge in [0.15, 0.2) is 0 Å². The van der Waals surface area contributed by atoms with Gasteiger partial charge < -0.3 is 5.32 Å². The van der Waals surface area contributed by atoms with E-state index in [0.717, 1.165) is 18.4 Å². The average Bonchev–Trinajstić information content (AvgIpc) is 2.85. The minimum Gasteiger partial charge on any atom is -0.353 e. The summed E-state index contributed by atoms with van der Waals surface area (Å²) < 4.78 is 0. The van der Waals surface area contributed by atoms with Gasteiger partial charge in [-0.25, -0.2) is 0 Å². The summed E-state index contributed by atoms with van der Waals surface area (Å²) in [5.74, 6) is 0.157. The molecule has 1 N–H and O–H groups in total. The Labute approximate surface area is 138 Å². The molecule has 23 heavy (non-hydrogen) atoms. The van der Waals surface area contributed by atoms with Crippen molar-refractivity contribution in [1.82, 2.24) is 5.32 Å². The first-order chi connectivity index (χ1) is 11.3. The molecule has 1 aliphatic rings. The Balaban J connectivity index is 1.56. The highest BCUT2D eigenvalue weighted by molar-refractivity contribution is 5.79. The van der Waals surface area contributed by atoms with Crippen LogP contribution in [-0.2, 0) is 11.2 Å². The van der Waals surface area contributed by atoms with Crippen molar-refractivity contribution >= 4 is 5.91 Å². The smallest absolute Gasteiger partial charge is 0.224 e. The summed E-state index contributed by atoms with van der Waals surface area (Å²) in [6, 6.07) is 19.0. The maximum atomic E-state index is 12.2. The highest BCUT2D eigenvalue weighted by Crippen LogP contribution is 2.20. The summed E-state index contributed by atoms with van der Waals surface area (Å²) >= 11 is 0. The van der Waals surface area contributed by atoms with E-state index in [-0.39, 0.29) is 5.91 Å². The summed E-state index contributed by atoms with van der Waals surface area (Å²) in [4.78, 5) is 12.2. The third-order valence-corrected chi connectivity index (χ3v) is 4.65. The second-order valence-corrected chi connectivity index (χ2v) is 6.50. The molecule has 1 aliphatic carbocycles. The van der Waals surface area contributed by atoms with Gasteiger partial charge in [-0.2, -0.15) is 0 Å². The summed E-state index contributed by atoms with van der Waals surface area (Å²) in [6.07, 6.45) is 7.87. The molecule has 1 fully saturated rings. The maximum Gasteiger partial charge on any atom is 0.224 e. The van der Waals surface area contributed by atoms with Gasteiger partial charge in [0.1, 0.15) is 0 Å². The van der Waals surface area contributed by atoms with Crippen LogP contribution >= 0.6 is 0 Å². The van der Waals surface area contributed by atoms with E-state index < -0.39 is 0 Å². The molecule has 0 unspecified atom stereocenters. The number of carbonyl (C=O) groups excluding carboxylic acids is 1. The van der Waals surface area contributed by atoms with Crippen LogP contribution in [0.25, 0.3) is 11.1 Å². The second-order valence-electron chi connectivity index (χ2n) is 6.50. The fraction of sp³-hybridized carbons (Fsp3) is 0.381. The van der Waals surface area contributed by atoms with Gasteiger partial charge in [-0.1, -0.05) is 80.3 Å². The molecule has 1 saturated carbocycles. The van der Waals surface area contributed by atoms with E-state index in [1.54, 1.807) is 0 Å². The molecule has 0 saturated heterocycles. The number of hydrogen-bond acceptors (Lipinski definition) is 1. The number of nitrogens with one attached hydrogen (secondary N) is 1. The van der Waals surface area contributed by atoms with Crippen molar-refractivity contribution in [2.75, 3.05) is 0 Å². The number of amides is 1. The zero-order valence-electron chi connectivity index (χ0n) is 13.6. The van der Waals surface area contributed by atoms with Gasteiger partial charge in [-0.15, -0.1) is 0 Å². The first kappa shape index (κ1) is 15.8. The zero-order valence-corrected chi connectivity index (χ0v) is 13.6. The Morgan fingerprint density at radius 2 is 1.43 bits per heavy atom. The van der Waals surface area contributed by atoms with Crippen LogP contribution in [0.3, 0.4) is 0 Å². The van der Waals surface area contributed by atoms with Gasteiger partial charge >= 0.3 is 0 Å². The van der Waals surface area contributed by atoms with Crippen LogP contribution in [0.2, 0.25) is 0 Å². The standard InChI is InChI=1S/C21H25NO/c23-21(22-20-10-6-1-2-7-11-20)16-17-12-14-19(15-13-17)18-8-4-3-5-9-18/h3-5,8-9,12-15,20H,1-2,6-7,10-11,16H2,(H,22,23). The Morgan fingerprint density at radius 1 is 0.826 bits per heavy atom. The van der Waals surface area contributed by atoms with E-state index in [4.69, 9.17) is 0 Å². The third-order valence-electron chi connectivity index (χ3n) is 4.65. The molecule has 0 aromatic heterocycles. The zero-order chi connectivity index (χ0) is 15.9. The third kappa shape index (κ3) is 4.69. The van der Waals surface area contributed by atoms with Crippen molar-refractivity contribution in [3.8, 4) is 11.1 Å². The van der Waals surface area contributed by atoms with Crippen LogP contribution in [0, 0.1) is 0 Å². The quantitative estimate of drug-likeness (QED) is 0.813. The van der Waals surface area contributed by atoms with Crippen molar-refractivity contribution in [2.45, 2.75) is 51.0 Å². The predicted octanol–water partition coefficient (Wildman–Crippen LogP) is 4.74. The first-order valence-corrected chi connectivity index (χ1v) is 8.75. The molecular formula is C21H25NO. The maximum absolute atomic E-state index is 12.2. The Bertz CT molecular complexity index is 610. The molecule has 120 valence electrons. The minimum atomic E-state index is 0.157. The monoisotopic (exact) mass is 307 g/mol. The topological polar surface area (TPSA) is 29.1 Å². The van der Waals surface area contributed by atoms with E-state index in [1.807, 2.05) is 18.2 Å². The van der Waals surface area contributed by atoms with Gasteiger partial charge in [0, 0.05) is 6.04 Å². The van der Waals surface area contributed by atoms with Crippen molar-refractivity contribution in [3.05, 3.63) is 60.2 Å². The lowest BCUT2D eigenvalue weighted by molar-refractivity contribution is -0.121. The predicted molar refractivity (Wildman–Crippen MR) is 95.2 cm³/mol. The van der Waals surface area contributed by atoms with E-state index in [0.29, 0.717) is 12.5 Å². The molecule has 1 amide bonds. The lowest BCUT2D eigenvalue weighted by Gasteiger charge is -2.16. The van der Waals surface area contributed by atoms with Crippen LogP contribution in [0.15, 0.2) is 54.6 Å². The van der Waals surface area contributed by atoms with E-state index in [9.17, 15) is 4.79 Å². The number of carbonyl (C=O) groups is 1. The van der Waals surface area contributed by atoms with Gasteiger partial charge in [0.2, 0.25) is 5.91 Å². The minimum absolute atomic E-state index is 0.157. The van der Waals surface area contributed by atoms with Crippen LogP contribution < -0.4 is 5.32 Å². The molecular weight excluding hydrogens is 282 g/mol. The van der Waals surface area contributed by atoms with Gasteiger partial charge in [0.25, 0.3) is 0 Å². The average molecular weight is 307 g/mol. The van der Waals surface area contributed by atoms with Crippen molar-refractivity contribution in [1.29, 1.82) is 0 Å². The molecule has 0 radical (unpaired) electrons. The SMILES string of the molecule is O=C(Cc1ccc(-c2ccccc2)cc1)NC1CCCCCC1. The summed E-state index contributed by atoms with van der Waals surface area (Å²) in [7, 11) is 0. The van der Waals surface area contributed by atoms with Crippen molar-refractivity contribution in [2.24, 2.45) is 0 Å². The normalized spacial score (nSPS) is 15.8. The summed E-state index contributed by atoms with van der Waals surface area (Å²) in [6.45, 7) is 0. The summed E-state index contributed by atoms with van der Waals surface area (Å²) in [5.41, 5.74) is 3.48. The Hall–Kier alpha value is -2.09. The molecule has 2 aromatic rings. The van der Waals surface area contributed by atoms with Crippen LogP contribution in [0.1, 0.15) is 44.1 Å². The molecule has 0 bridgehead atoms. The second kappa shape index (κ2) is 7.96. The number of benzene rings is 2. The first-order valence-electron chi connectivity index (χ1n) is 8.75. The Kier molecular flexibility index (Phi) is 5.46. The lowest BCUT2D eigenvalue weighted by atomic mass is 10.0. The molecule has 3 rings (SSSR count). The molecule has 0 aliphatic heterocycles. The van der Waals surface area contributed by atoms with Gasteiger partial charge in [0.05, 0.1) is 6.42 Å². The van der Waals surface area contributed by atoms with Gasteiger partial charge in [-0.3, -0.25) is 4.79 Å². The highest BCUT2D eigenvalue weighted by Gasteiger charge is 2.14. The van der Waals surface area contributed by atoms with Gasteiger partial charge in [-0.05, 0) is 29.5 Å². The fourth-order valence-corrected chi connectivity index (χ4v) is 3.33. The highest BCUT2D eigenvalue weighted by atomic mass is 16.1. The molecule has 2 nitrogen and oxygen atoms in total. The van der Waals surface area contributed by atoms with Crippen LogP contribution in [0.4, 0.5) is 0 Å². The summed E-state index contributed by atoms with van der Waals surface area (Å²) in [5, 5.41) is 3.21. The molecule has 0 spiro atoms. The van der Waals surface area contributed by atoms with E-state index in [2.05, 4.69) is 41.7 Å². The largest absolute Gasteiger partial charge is 0.353 e. The Morgan fingerprint density at radius 3 is 2.09 bits per heavy atom.